The minimum Gasteiger partial charge on any atom is -0.466 e. The van der Waals surface area contributed by atoms with Gasteiger partial charge < -0.3 is 10.2 Å². The highest BCUT2D eigenvalue weighted by atomic mass is 16.3. The van der Waals surface area contributed by atoms with Crippen molar-refractivity contribution in [2.24, 2.45) is 11.7 Å². The topological polar surface area (TPSA) is 39.2 Å². The van der Waals surface area contributed by atoms with Gasteiger partial charge >= 0.3 is 0 Å². The SMILES string of the molecule is CCc1ccc(CC(N)CC(C)C)o1. The van der Waals surface area contributed by atoms with Gasteiger partial charge in [-0.25, -0.2) is 0 Å². The van der Waals surface area contributed by atoms with E-state index in [9.17, 15) is 0 Å². The smallest absolute Gasteiger partial charge is 0.105 e. The molecule has 0 aliphatic heterocycles. The third kappa shape index (κ3) is 3.54. The molecule has 0 aliphatic rings. The average molecular weight is 195 g/mol. The maximum atomic E-state index is 6.00. The number of hydrogen-bond donors (Lipinski definition) is 1. The molecular weight excluding hydrogens is 174 g/mol. The quantitative estimate of drug-likeness (QED) is 0.784. The molecule has 80 valence electrons. The van der Waals surface area contributed by atoms with Gasteiger partial charge in [-0.15, -0.1) is 0 Å². The summed E-state index contributed by atoms with van der Waals surface area (Å²) in [6, 6.07) is 4.31. The largest absolute Gasteiger partial charge is 0.466 e. The predicted octanol–water partition coefficient (Wildman–Crippen LogP) is 2.76. The maximum Gasteiger partial charge on any atom is 0.105 e. The summed E-state index contributed by atoms with van der Waals surface area (Å²) in [6.45, 7) is 6.48. The van der Waals surface area contributed by atoms with Crippen molar-refractivity contribution >= 4 is 0 Å². The van der Waals surface area contributed by atoms with Crippen molar-refractivity contribution in [2.45, 2.75) is 46.1 Å². The van der Waals surface area contributed by atoms with E-state index in [1.165, 1.54) is 0 Å². The summed E-state index contributed by atoms with van der Waals surface area (Å²) >= 11 is 0. The van der Waals surface area contributed by atoms with Gasteiger partial charge in [-0.2, -0.15) is 0 Å². The molecule has 0 radical (unpaired) electrons. The predicted molar refractivity (Wildman–Crippen MR) is 59.2 cm³/mol. The molecule has 0 fully saturated rings. The van der Waals surface area contributed by atoms with Gasteiger partial charge in [0.1, 0.15) is 11.5 Å². The zero-order valence-electron chi connectivity index (χ0n) is 9.42. The third-order valence-electron chi connectivity index (χ3n) is 2.30. The number of hydrogen-bond acceptors (Lipinski definition) is 2. The fourth-order valence-electron chi connectivity index (χ4n) is 1.67. The summed E-state index contributed by atoms with van der Waals surface area (Å²) < 4.78 is 5.61. The fourth-order valence-corrected chi connectivity index (χ4v) is 1.67. The molecule has 0 saturated heterocycles. The van der Waals surface area contributed by atoms with E-state index in [0.29, 0.717) is 5.92 Å². The average Bonchev–Trinajstić information content (AvgIpc) is 2.50. The van der Waals surface area contributed by atoms with E-state index < -0.39 is 0 Å². The lowest BCUT2D eigenvalue weighted by molar-refractivity contribution is 0.424. The Kier molecular flexibility index (Phi) is 4.21. The van der Waals surface area contributed by atoms with Crippen LogP contribution >= 0.6 is 0 Å². The molecule has 1 atom stereocenters. The minimum absolute atomic E-state index is 0.228. The Bertz CT molecular complexity index is 265. The molecule has 1 aromatic heterocycles. The van der Waals surface area contributed by atoms with Crippen LogP contribution < -0.4 is 5.73 Å². The van der Waals surface area contributed by atoms with Crippen LogP contribution in [0.2, 0.25) is 0 Å². The number of aryl methyl sites for hydroxylation is 1. The van der Waals surface area contributed by atoms with E-state index >= 15 is 0 Å². The molecule has 0 spiro atoms. The van der Waals surface area contributed by atoms with Gasteiger partial charge in [0.05, 0.1) is 0 Å². The molecule has 1 aromatic rings. The summed E-state index contributed by atoms with van der Waals surface area (Å²) in [6.07, 6.45) is 2.87. The van der Waals surface area contributed by atoms with Crippen molar-refractivity contribution in [1.82, 2.24) is 0 Å². The van der Waals surface area contributed by atoms with Gasteiger partial charge in [-0.05, 0) is 24.5 Å². The van der Waals surface area contributed by atoms with Gasteiger partial charge in [0, 0.05) is 18.9 Å². The van der Waals surface area contributed by atoms with Gasteiger partial charge in [-0.3, -0.25) is 0 Å². The van der Waals surface area contributed by atoms with E-state index in [1.54, 1.807) is 0 Å². The first-order valence-electron chi connectivity index (χ1n) is 5.45. The lowest BCUT2D eigenvalue weighted by Crippen LogP contribution is -2.24. The highest BCUT2D eigenvalue weighted by Gasteiger charge is 2.09. The second-order valence-electron chi connectivity index (χ2n) is 4.32. The molecule has 1 rings (SSSR count). The van der Waals surface area contributed by atoms with Crippen LogP contribution in [0.1, 0.15) is 38.7 Å². The highest BCUT2D eigenvalue weighted by molar-refractivity contribution is 5.08. The van der Waals surface area contributed by atoms with Gasteiger partial charge in [0.2, 0.25) is 0 Å². The summed E-state index contributed by atoms with van der Waals surface area (Å²) in [5, 5.41) is 0. The highest BCUT2D eigenvalue weighted by Crippen LogP contribution is 2.13. The van der Waals surface area contributed by atoms with Crippen LogP contribution in [0.25, 0.3) is 0 Å². The van der Waals surface area contributed by atoms with Crippen molar-refractivity contribution in [3.8, 4) is 0 Å². The minimum atomic E-state index is 0.228. The molecule has 0 aliphatic carbocycles. The maximum absolute atomic E-state index is 6.00. The van der Waals surface area contributed by atoms with E-state index in [0.717, 1.165) is 30.8 Å². The van der Waals surface area contributed by atoms with Gasteiger partial charge in [0.15, 0.2) is 0 Å². The van der Waals surface area contributed by atoms with E-state index in [1.807, 2.05) is 12.1 Å². The lowest BCUT2D eigenvalue weighted by Gasteiger charge is -2.11. The lowest BCUT2D eigenvalue weighted by atomic mass is 10.0. The monoisotopic (exact) mass is 195 g/mol. The first-order chi connectivity index (χ1) is 6.61. The van der Waals surface area contributed by atoms with E-state index in [-0.39, 0.29) is 6.04 Å². The van der Waals surface area contributed by atoms with Crippen LogP contribution in [0.5, 0.6) is 0 Å². The first kappa shape index (κ1) is 11.3. The molecule has 0 amide bonds. The zero-order chi connectivity index (χ0) is 10.6. The molecular formula is C12H21NO. The van der Waals surface area contributed by atoms with Crippen LogP contribution in [0.4, 0.5) is 0 Å². The Labute approximate surface area is 86.5 Å². The normalized spacial score (nSPS) is 13.5. The molecule has 14 heavy (non-hydrogen) atoms. The molecule has 2 nitrogen and oxygen atoms in total. The first-order valence-corrected chi connectivity index (χ1v) is 5.45. The van der Waals surface area contributed by atoms with Crippen LogP contribution in [0.15, 0.2) is 16.5 Å². The van der Waals surface area contributed by atoms with Crippen molar-refractivity contribution in [3.63, 3.8) is 0 Å². The molecule has 2 N–H and O–H groups in total. The molecule has 1 heterocycles. The third-order valence-corrected chi connectivity index (χ3v) is 2.30. The number of furan rings is 1. The Morgan fingerprint density at radius 1 is 1.29 bits per heavy atom. The molecule has 1 unspecified atom stereocenters. The van der Waals surface area contributed by atoms with Crippen molar-refractivity contribution in [3.05, 3.63) is 23.7 Å². The Morgan fingerprint density at radius 2 is 1.93 bits per heavy atom. The van der Waals surface area contributed by atoms with E-state index in [4.69, 9.17) is 10.2 Å². The number of nitrogens with two attached hydrogens (primary N) is 1. The van der Waals surface area contributed by atoms with Crippen molar-refractivity contribution in [1.29, 1.82) is 0 Å². The van der Waals surface area contributed by atoms with Crippen molar-refractivity contribution in [2.75, 3.05) is 0 Å². The zero-order valence-corrected chi connectivity index (χ0v) is 9.42. The molecule has 0 saturated carbocycles. The molecule has 2 heteroatoms. The fraction of sp³-hybridized carbons (Fsp3) is 0.667. The second kappa shape index (κ2) is 5.20. The summed E-state index contributed by atoms with van der Waals surface area (Å²) in [7, 11) is 0. The van der Waals surface area contributed by atoms with Crippen molar-refractivity contribution < 1.29 is 4.42 Å². The Hall–Kier alpha value is -0.760. The van der Waals surface area contributed by atoms with E-state index in [2.05, 4.69) is 20.8 Å². The van der Waals surface area contributed by atoms with Gasteiger partial charge in [0.25, 0.3) is 0 Å². The van der Waals surface area contributed by atoms with Gasteiger partial charge in [-0.1, -0.05) is 20.8 Å². The van der Waals surface area contributed by atoms with Crippen LogP contribution in [0, 0.1) is 5.92 Å². The molecule has 0 bridgehead atoms. The molecule has 0 aromatic carbocycles. The standard InChI is InChI=1S/C12H21NO/c1-4-11-5-6-12(14-11)8-10(13)7-9(2)3/h5-6,9-10H,4,7-8,13H2,1-3H3. The van der Waals surface area contributed by atoms with Crippen LogP contribution in [-0.4, -0.2) is 6.04 Å². The second-order valence-corrected chi connectivity index (χ2v) is 4.32. The summed E-state index contributed by atoms with van der Waals surface area (Å²) in [5.74, 6) is 2.73. The number of rotatable bonds is 5. The summed E-state index contributed by atoms with van der Waals surface area (Å²) in [5.41, 5.74) is 6.00. The van der Waals surface area contributed by atoms with Crippen LogP contribution in [0.3, 0.4) is 0 Å². The summed E-state index contributed by atoms with van der Waals surface area (Å²) in [4.78, 5) is 0. The van der Waals surface area contributed by atoms with Crippen LogP contribution in [-0.2, 0) is 12.8 Å². The Morgan fingerprint density at radius 3 is 2.43 bits per heavy atom. The Balaban J connectivity index is 2.43.